The molecule has 1 saturated heterocycles. The predicted octanol–water partition coefficient (Wildman–Crippen LogP) is 3.97. The van der Waals surface area contributed by atoms with Crippen LogP contribution in [0.1, 0.15) is 36.9 Å². The predicted molar refractivity (Wildman–Crippen MR) is 125 cm³/mol. The van der Waals surface area contributed by atoms with E-state index < -0.39 is 29.8 Å². The number of allylic oxidation sites excluding steroid dienone is 2. The Morgan fingerprint density at radius 2 is 2.09 bits per heavy atom. The van der Waals surface area contributed by atoms with E-state index in [1.807, 2.05) is 0 Å². The monoisotopic (exact) mass is 477 g/mol. The lowest BCUT2D eigenvalue weighted by Crippen LogP contribution is -2.33. The molecule has 1 aliphatic rings. The number of aliphatic imine (C=N–C) groups is 1. The molecule has 2 N–H and O–H groups in total. The minimum absolute atomic E-state index is 0.0109. The van der Waals surface area contributed by atoms with Gasteiger partial charge < -0.3 is 19.7 Å². The molecule has 0 aliphatic carbocycles. The lowest BCUT2D eigenvalue weighted by molar-refractivity contribution is 0.0803. The van der Waals surface area contributed by atoms with E-state index in [9.17, 15) is 14.3 Å². The summed E-state index contributed by atoms with van der Waals surface area (Å²) >= 11 is 5.72. The lowest BCUT2D eigenvalue weighted by Gasteiger charge is -2.24. The Kier molecular flexibility index (Phi) is 8.55. The number of benzene rings is 1. The minimum atomic E-state index is -0.986. The van der Waals surface area contributed by atoms with Crippen LogP contribution in [0.25, 0.3) is 0 Å². The average molecular weight is 478 g/mol. The van der Waals surface area contributed by atoms with Crippen LogP contribution in [0.15, 0.2) is 64.8 Å². The lowest BCUT2D eigenvalue weighted by atomic mass is 10.1. The number of pyridine rings is 1. The molecule has 6 nitrogen and oxygen atoms in total. The van der Waals surface area contributed by atoms with Gasteiger partial charge in [-0.2, -0.15) is 0 Å². The first-order valence-electron chi connectivity index (χ1n) is 10.6. The third-order valence-electron chi connectivity index (χ3n) is 5.32. The maximum Gasteiger partial charge on any atom is 0.252 e. The van der Waals surface area contributed by atoms with Gasteiger partial charge in [-0.3, -0.25) is 4.79 Å². The fraction of sp³-hybridized carbons (Fsp3) is 0.333. The van der Waals surface area contributed by atoms with E-state index in [4.69, 9.17) is 16.3 Å². The highest BCUT2D eigenvalue weighted by Crippen LogP contribution is 2.23. The van der Waals surface area contributed by atoms with Gasteiger partial charge in [0.05, 0.1) is 23.4 Å². The van der Waals surface area contributed by atoms with Crippen LogP contribution in [-0.2, 0) is 4.74 Å². The molecule has 0 radical (unpaired) electrons. The van der Waals surface area contributed by atoms with Crippen molar-refractivity contribution in [2.75, 3.05) is 19.8 Å². The molecule has 0 saturated carbocycles. The first-order valence-corrected chi connectivity index (χ1v) is 10.9. The highest BCUT2D eigenvalue weighted by molar-refractivity contribution is 6.30. The van der Waals surface area contributed by atoms with E-state index in [1.165, 1.54) is 12.1 Å². The van der Waals surface area contributed by atoms with Crippen molar-refractivity contribution in [3.63, 3.8) is 0 Å². The standard InChI is InChI=1S/C24H26ClF2N3O3/c1-3-4-22(29-15(2)28-17-7-9-33-10-8-17)18-12-24(32)30(13-21(18)27)23(14-31)16-5-6-19(25)20(26)11-16/h3-6,11-13,17,23,28,31H,2,7-10,14H2,1H3/b4-3-,29-22+. The molecule has 2 heterocycles. The van der Waals surface area contributed by atoms with Gasteiger partial charge in [-0.15, -0.1) is 0 Å². The van der Waals surface area contributed by atoms with Gasteiger partial charge in [-0.05, 0) is 43.5 Å². The number of halogens is 3. The molecule has 0 spiro atoms. The number of nitrogens with one attached hydrogen (secondary N) is 1. The van der Waals surface area contributed by atoms with E-state index in [1.54, 1.807) is 19.1 Å². The highest BCUT2D eigenvalue weighted by Gasteiger charge is 2.20. The topological polar surface area (TPSA) is 75.9 Å². The SMILES string of the molecule is C=C(/N=C(\C=C/C)c1cc(=O)n(C(CO)c2ccc(Cl)c(F)c2)cc1F)NC1CCOCC1. The molecule has 33 heavy (non-hydrogen) atoms. The van der Waals surface area contributed by atoms with Crippen molar-refractivity contribution in [2.24, 2.45) is 4.99 Å². The zero-order valence-electron chi connectivity index (χ0n) is 18.2. The van der Waals surface area contributed by atoms with E-state index in [-0.39, 0.29) is 27.9 Å². The minimum Gasteiger partial charge on any atom is -0.394 e. The van der Waals surface area contributed by atoms with Gasteiger partial charge in [0.15, 0.2) is 0 Å². The molecule has 0 amide bonds. The Labute approximate surface area is 195 Å². The van der Waals surface area contributed by atoms with Gasteiger partial charge >= 0.3 is 0 Å². The van der Waals surface area contributed by atoms with Crippen LogP contribution < -0.4 is 10.9 Å². The average Bonchev–Trinajstić information content (AvgIpc) is 2.79. The van der Waals surface area contributed by atoms with Crippen LogP contribution in [0.4, 0.5) is 8.78 Å². The third-order valence-corrected chi connectivity index (χ3v) is 5.62. The van der Waals surface area contributed by atoms with Gasteiger partial charge in [0.1, 0.15) is 17.5 Å². The van der Waals surface area contributed by atoms with E-state index in [0.717, 1.165) is 35.7 Å². The Morgan fingerprint density at radius 3 is 2.73 bits per heavy atom. The maximum absolute atomic E-state index is 15.2. The van der Waals surface area contributed by atoms with Crippen LogP contribution >= 0.6 is 11.6 Å². The summed E-state index contributed by atoms with van der Waals surface area (Å²) in [6.07, 6.45) is 5.87. The molecule has 1 atom stereocenters. The van der Waals surface area contributed by atoms with Crippen molar-refractivity contribution in [1.82, 2.24) is 9.88 Å². The smallest absolute Gasteiger partial charge is 0.252 e. The zero-order valence-corrected chi connectivity index (χ0v) is 19.0. The number of nitrogens with zero attached hydrogens (tertiary/aromatic N) is 2. The Morgan fingerprint density at radius 1 is 1.36 bits per heavy atom. The summed E-state index contributed by atoms with van der Waals surface area (Å²) in [6.45, 7) is 6.41. The van der Waals surface area contributed by atoms with Crippen molar-refractivity contribution in [3.8, 4) is 0 Å². The van der Waals surface area contributed by atoms with Gasteiger partial charge in [0, 0.05) is 37.1 Å². The quantitative estimate of drug-likeness (QED) is 0.564. The van der Waals surface area contributed by atoms with Crippen molar-refractivity contribution in [3.05, 3.63) is 93.2 Å². The molecule has 0 bridgehead atoms. The van der Waals surface area contributed by atoms with E-state index in [0.29, 0.717) is 19.0 Å². The third kappa shape index (κ3) is 6.16. The largest absolute Gasteiger partial charge is 0.394 e. The van der Waals surface area contributed by atoms with E-state index >= 15 is 4.39 Å². The second-order valence-corrected chi connectivity index (χ2v) is 8.03. The van der Waals surface area contributed by atoms with Gasteiger partial charge in [0.25, 0.3) is 5.56 Å². The summed E-state index contributed by atoms with van der Waals surface area (Å²) in [7, 11) is 0. The molecular formula is C24H26ClF2N3O3. The molecule has 1 aliphatic heterocycles. The summed E-state index contributed by atoms with van der Waals surface area (Å²) in [5.74, 6) is -1.07. The number of hydrogen-bond acceptors (Lipinski definition) is 5. The second kappa shape index (κ2) is 11.4. The van der Waals surface area contributed by atoms with Crippen LogP contribution in [-0.4, -0.2) is 41.2 Å². The summed E-state index contributed by atoms with van der Waals surface area (Å²) < 4.78 is 35.4. The van der Waals surface area contributed by atoms with Gasteiger partial charge in [0.2, 0.25) is 0 Å². The molecule has 9 heteroatoms. The fourth-order valence-electron chi connectivity index (χ4n) is 3.64. The first-order chi connectivity index (χ1) is 15.8. The van der Waals surface area contributed by atoms with Gasteiger partial charge in [-0.1, -0.05) is 30.3 Å². The number of aliphatic hydroxyl groups excluding tert-OH is 1. The molecule has 2 aromatic rings. The van der Waals surface area contributed by atoms with E-state index in [2.05, 4.69) is 16.9 Å². The zero-order chi connectivity index (χ0) is 24.0. The summed E-state index contributed by atoms with van der Waals surface area (Å²) in [5.41, 5.74) is -0.0869. The van der Waals surface area contributed by atoms with Crippen molar-refractivity contribution < 1.29 is 18.6 Å². The number of ether oxygens (including phenoxy) is 1. The van der Waals surface area contributed by atoms with Crippen LogP contribution in [0.2, 0.25) is 5.02 Å². The number of aromatic nitrogens is 1. The van der Waals surface area contributed by atoms with Gasteiger partial charge in [-0.25, -0.2) is 13.8 Å². The normalized spacial score (nSPS) is 16.2. The molecule has 1 fully saturated rings. The second-order valence-electron chi connectivity index (χ2n) is 7.63. The van der Waals surface area contributed by atoms with Crippen LogP contribution in [0, 0.1) is 11.6 Å². The molecule has 176 valence electrons. The molecular weight excluding hydrogens is 452 g/mol. The number of aliphatic hydroxyl groups is 1. The number of hydrogen-bond donors (Lipinski definition) is 2. The molecule has 3 rings (SSSR count). The Hall–Kier alpha value is -2.81. The number of rotatable bonds is 8. The molecule has 1 unspecified atom stereocenters. The molecule has 1 aromatic heterocycles. The summed E-state index contributed by atoms with van der Waals surface area (Å²) in [5, 5.41) is 13.0. The van der Waals surface area contributed by atoms with Crippen molar-refractivity contribution in [1.29, 1.82) is 0 Å². The maximum atomic E-state index is 15.2. The molecule has 1 aromatic carbocycles. The Bertz CT molecular complexity index is 1120. The summed E-state index contributed by atoms with van der Waals surface area (Å²) in [6, 6.07) is 4.18. The van der Waals surface area contributed by atoms with Crippen LogP contribution in [0.5, 0.6) is 0 Å². The van der Waals surface area contributed by atoms with Crippen molar-refractivity contribution in [2.45, 2.75) is 31.8 Å². The summed E-state index contributed by atoms with van der Waals surface area (Å²) in [4.78, 5) is 17.3. The first kappa shape index (κ1) is 24.8. The fourth-order valence-corrected chi connectivity index (χ4v) is 3.75. The Balaban J connectivity index is 1.93. The highest BCUT2D eigenvalue weighted by atomic mass is 35.5. The van der Waals surface area contributed by atoms with Crippen molar-refractivity contribution >= 4 is 17.3 Å². The van der Waals surface area contributed by atoms with Crippen LogP contribution in [0.3, 0.4) is 0 Å².